The van der Waals surface area contributed by atoms with Gasteiger partial charge in [-0.05, 0) is 66.6 Å². The molecule has 1 saturated heterocycles. The van der Waals surface area contributed by atoms with Crippen molar-refractivity contribution in [2.45, 2.75) is 32.9 Å². The molecule has 0 unspecified atom stereocenters. The fraction of sp³-hybridized carbons (Fsp3) is 0.273. The highest BCUT2D eigenvalue weighted by atomic mass is 35.5. The van der Waals surface area contributed by atoms with E-state index in [9.17, 15) is 14.0 Å². The molecule has 1 atom stereocenters. The Morgan fingerprint density at radius 3 is 2.70 bits per heavy atom. The Morgan fingerprint density at radius 2 is 2.03 bits per heavy atom. The van der Waals surface area contributed by atoms with Crippen molar-refractivity contribution in [3.05, 3.63) is 63.3 Å². The molecule has 0 radical (unpaired) electrons. The van der Waals surface area contributed by atoms with Crippen LogP contribution in [0.3, 0.4) is 0 Å². The molecule has 0 aromatic heterocycles. The topological polar surface area (TPSA) is 55.8 Å². The molecule has 1 aliphatic rings. The van der Waals surface area contributed by atoms with Crippen LogP contribution in [-0.4, -0.2) is 29.2 Å². The largest absolute Gasteiger partial charge is 0.493 e. The van der Waals surface area contributed by atoms with Gasteiger partial charge in [-0.2, -0.15) is 0 Å². The van der Waals surface area contributed by atoms with E-state index >= 15 is 0 Å². The van der Waals surface area contributed by atoms with Gasteiger partial charge in [0.15, 0.2) is 11.5 Å². The number of carbonyl (C=O) groups excluding carboxylic acids is 2. The molecule has 5 nitrogen and oxygen atoms in total. The Labute approximate surface area is 183 Å². The zero-order valence-corrected chi connectivity index (χ0v) is 18.3. The molecule has 0 bridgehead atoms. The molecule has 3 rings (SSSR count). The molecule has 0 aliphatic carbocycles. The molecule has 1 aliphatic heterocycles. The Kier molecular flexibility index (Phi) is 7.05. The summed E-state index contributed by atoms with van der Waals surface area (Å²) in [5.41, 5.74) is 1.25. The lowest BCUT2D eigenvalue weighted by molar-refractivity contribution is -0.124. The quantitative estimate of drug-likeness (QED) is 0.492. The van der Waals surface area contributed by atoms with Crippen molar-refractivity contribution in [3.63, 3.8) is 0 Å². The van der Waals surface area contributed by atoms with Crippen molar-refractivity contribution in [1.82, 2.24) is 4.90 Å². The van der Waals surface area contributed by atoms with E-state index in [1.54, 1.807) is 30.3 Å². The summed E-state index contributed by atoms with van der Waals surface area (Å²) in [4.78, 5) is 26.4. The molecule has 0 saturated carbocycles. The van der Waals surface area contributed by atoms with E-state index in [4.69, 9.17) is 21.1 Å². The third kappa shape index (κ3) is 4.79. The number of rotatable bonds is 7. The van der Waals surface area contributed by atoms with Gasteiger partial charge in [0.1, 0.15) is 12.4 Å². The Morgan fingerprint density at radius 1 is 1.27 bits per heavy atom. The van der Waals surface area contributed by atoms with E-state index in [2.05, 4.69) is 0 Å². The number of carbonyl (C=O) groups is 2. The van der Waals surface area contributed by atoms with Gasteiger partial charge in [0.25, 0.3) is 11.1 Å². The number of amides is 2. The second-order valence-corrected chi connectivity index (χ2v) is 8.16. The molecular weight excluding hydrogens is 429 g/mol. The smallest absolute Gasteiger partial charge is 0.293 e. The number of halogens is 2. The van der Waals surface area contributed by atoms with Crippen molar-refractivity contribution in [2.24, 2.45) is 0 Å². The van der Waals surface area contributed by atoms with E-state index in [0.717, 1.165) is 11.8 Å². The summed E-state index contributed by atoms with van der Waals surface area (Å²) in [5.74, 6) is 0.0105. The monoisotopic (exact) mass is 449 g/mol. The van der Waals surface area contributed by atoms with Crippen LogP contribution in [0.4, 0.5) is 9.18 Å². The van der Waals surface area contributed by atoms with Gasteiger partial charge in [0.05, 0.1) is 17.0 Å². The minimum absolute atomic E-state index is 0.112. The van der Waals surface area contributed by atoms with Crippen LogP contribution < -0.4 is 9.47 Å². The fourth-order valence-electron chi connectivity index (χ4n) is 2.94. The lowest BCUT2D eigenvalue weighted by Crippen LogP contribution is -2.36. The van der Waals surface area contributed by atoms with Crippen LogP contribution in [0.5, 0.6) is 11.5 Å². The summed E-state index contributed by atoms with van der Waals surface area (Å²) < 4.78 is 24.5. The molecule has 1 fully saturated rings. The normalized spacial score (nSPS) is 16.3. The number of nitrogens with zero attached hydrogens (tertiary/aromatic N) is 1. The number of hydrogen-bond donors (Lipinski definition) is 0. The predicted molar refractivity (Wildman–Crippen MR) is 116 cm³/mol. The van der Waals surface area contributed by atoms with Crippen molar-refractivity contribution in [2.75, 3.05) is 7.11 Å². The van der Waals surface area contributed by atoms with Gasteiger partial charge < -0.3 is 9.47 Å². The molecule has 0 spiro atoms. The van der Waals surface area contributed by atoms with E-state index in [0.29, 0.717) is 34.0 Å². The number of methoxy groups -OCH3 is 1. The van der Waals surface area contributed by atoms with Crippen LogP contribution in [0.15, 0.2) is 41.3 Å². The van der Waals surface area contributed by atoms with Gasteiger partial charge in [-0.25, -0.2) is 4.39 Å². The summed E-state index contributed by atoms with van der Waals surface area (Å²) in [6.07, 6.45) is 2.29. The van der Waals surface area contributed by atoms with Crippen LogP contribution >= 0.6 is 23.4 Å². The minimum Gasteiger partial charge on any atom is -0.493 e. The van der Waals surface area contributed by atoms with Crippen LogP contribution in [0.25, 0.3) is 6.08 Å². The fourth-order valence-corrected chi connectivity index (χ4v) is 4.14. The maximum absolute atomic E-state index is 13.4. The highest BCUT2D eigenvalue weighted by molar-refractivity contribution is 8.18. The van der Waals surface area contributed by atoms with Gasteiger partial charge in [-0.1, -0.05) is 30.7 Å². The van der Waals surface area contributed by atoms with Crippen LogP contribution in [0, 0.1) is 5.82 Å². The summed E-state index contributed by atoms with van der Waals surface area (Å²) in [6.45, 7) is 3.87. The lowest BCUT2D eigenvalue weighted by Gasteiger charge is -2.19. The molecular formula is C22H21ClFNO4S. The van der Waals surface area contributed by atoms with Crippen molar-refractivity contribution in [3.8, 4) is 11.5 Å². The zero-order chi connectivity index (χ0) is 21.8. The number of hydrogen-bond acceptors (Lipinski definition) is 5. The first-order chi connectivity index (χ1) is 14.3. The summed E-state index contributed by atoms with van der Waals surface area (Å²) in [7, 11) is 1.47. The first-order valence-electron chi connectivity index (χ1n) is 9.35. The van der Waals surface area contributed by atoms with Crippen LogP contribution in [0.1, 0.15) is 31.4 Å². The first kappa shape index (κ1) is 22.2. The number of imide groups is 1. The van der Waals surface area contributed by atoms with E-state index in [-0.39, 0.29) is 34.6 Å². The molecule has 2 aromatic rings. The maximum atomic E-state index is 13.4. The molecule has 8 heteroatoms. The van der Waals surface area contributed by atoms with E-state index in [1.807, 2.05) is 13.8 Å². The van der Waals surface area contributed by atoms with Gasteiger partial charge in [0.2, 0.25) is 0 Å². The van der Waals surface area contributed by atoms with Crippen LogP contribution in [-0.2, 0) is 11.4 Å². The van der Waals surface area contributed by atoms with E-state index < -0.39 is 0 Å². The van der Waals surface area contributed by atoms with Gasteiger partial charge in [0, 0.05) is 6.04 Å². The van der Waals surface area contributed by atoms with Crippen molar-refractivity contribution < 1.29 is 23.5 Å². The molecule has 2 aromatic carbocycles. The summed E-state index contributed by atoms with van der Waals surface area (Å²) in [6, 6.07) is 9.21. The van der Waals surface area contributed by atoms with Gasteiger partial charge in [-0.15, -0.1) is 0 Å². The number of benzene rings is 2. The second kappa shape index (κ2) is 9.53. The van der Waals surface area contributed by atoms with Crippen LogP contribution in [0.2, 0.25) is 5.02 Å². The highest BCUT2D eigenvalue weighted by Gasteiger charge is 2.37. The Hall–Kier alpha value is -2.51. The van der Waals surface area contributed by atoms with Crippen molar-refractivity contribution >= 4 is 40.6 Å². The van der Waals surface area contributed by atoms with Gasteiger partial charge >= 0.3 is 0 Å². The SMILES string of the molecule is CC[C@@H](C)N1C(=O)S/C(=C/c2cc(Cl)c(OCc3cccc(F)c3)c(OC)c2)C1=O. The predicted octanol–water partition coefficient (Wildman–Crippen LogP) is 5.90. The zero-order valence-electron chi connectivity index (χ0n) is 16.8. The number of thioether (sulfide) groups is 1. The average Bonchev–Trinajstić information content (AvgIpc) is 2.99. The maximum Gasteiger partial charge on any atom is 0.293 e. The summed E-state index contributed by atoms with van der Waals surface area (Å²) in [5, 5.41) is -0.00753. The second-order valence-electron chi connectivity index (χ2n) is 6.76. The van der Waals surface area contributed by atoms with E-state index in [1.165, 1.54) is 24.1 Å². The minimum atomic E-state index is -0.351. The summed E-state index contributed by atoms with van der Waals surface area (Å²) >= 11 is 7.29. The molecule has 2 amide bonds. The highest BCUT2D eigenvalue weighted by Crippen LogP contribution is 2.39. The van der Waals surface area contributed by atoms with Gasteiger partial charge in [-0.3, -0.25) is 14.5 Å². The Balaban J connectivity index is 1.84. The molecule has 0 N–H and O–H groups in total. The number of ether oxygens (including phenoxy) is 2. The molecule has 30 heavy (non-hydrogen) atoms. The third-order valence-corrected chi connectivity index (χ3v) is 5.84. The molecule has 1 heterocycles. The lowest BCUT2D eigenvalue weighted by atomic mass is 10.1. The standard InChI is InChI=1S/C22H21ClFNO4S/c1-4-13(2)25-21(26)19(30-22(25)27)11-15-9-17(23)20(18(10-15)28-3)29-12-14-6-5-7-16(24)8-14/h5-11,13H,4,12H2,1-3H3/b19-11+/t13-/m1/s1. The average molecular weight is 450 g/mol. The van der Waals surface area contributed by atoms with Crippen molar-refractivity contribution in [1.29, 1.82) is 0 Å². The first-order valence-corrected chi connectivity index (χ1v) is 10.5. The third-order valence-electron chi connectivity index (χ3n) is 4.68. The molecule has 158 valence electrons. The Bertz CT molecular complexity index is 1010.